The fourth-order valence-corrected chi connectivity index (χ4v) is 3.48. The Bertz CT molecular complexity index is 879. The van der Waals surface area contributed by atoms with Gasteiger partial charge in [-0.05, 0) is 11.1 Å². The number of esters is 1. The summed E-state index contributed by atoms with van der Waals surface area (Å²) in [6, 6.07) is 17.7. The van der Waals surface area contributed by atoms with Crippen LogP contribution in [0.3, 0.4) is 0 Å². The smallest absolute Gasteiger partial charge is 0.407 e. The minimum Gasteiger partial charge on any atom is -0.463 e. The standard InChI is InChI=1S/C24H29NO8/c1-16(26)30-15-19-21(27)22(31-13-17-9-5-3-6-10-17)20(23(29-2)33-19)25-24(28)32-14-18-11-7-4-8-12-18/h3-12,19-23,27H,13-15H2,1-2H3,(H,25,28). The van der Waals surface area contributed by atoms with Gasteiger partial charge in [0.1, 0.15) is 37.6 Å². The highest BCUT2D eigenvalue weighted by molar-refractivity contribution is 5.68. The average molecular weight is 459 g/mol. The van der Waals surface area contributed by atoms with E-state index in [1.807, 2.05) is 60.7 Å². The molecule has 5 unspecified atom stereocenters. The zero-order valence-corrected chi connectivity index (χ0v) is 18.6. The maximum Gasteiger partial charge on any atom is 0.407 e. The van der Waals surface area contributed by atoms with Gasteiger partial charge < -0.3 is 34.1 Å². The lowest BCUT2D eigenvalue weighted by Crippen LogP contribution is -2.65. The SMILES string of the molecule is COC1OC(COC(C)=O)C(O)C(OCc2ccccc2)C1NC(=O)OCc1ccccc1. The van der Waals surface area contributed by atoms with Crippen molar-refractivity contribution in [1.82, 2.24) is 5.32 Å². The molecule has 1 saturated heterocycles. The summed E-state index contributed by atoms with van der Waals surface area (Å²) >= 11 is 0. The molecular weight excluding hydrogens is 430 g/mol. The minimum atomic E-state index is -1.21. The second kappa shape index (κ2) is 12.3. The molecule has 1 aliphatic heterocycles. The van der Waals surface area contributed by atoms with Crippen molar-refractivity contribution in [2.24, 2.45) is 0 Å². The Labute approximate surface area is 192 Å². The van der Waals surface area contributed by atoms with Crippen LogP contribution in [0, 0.1) is 0 Å². The van der Waals surface area contributed by atoms with E-state index in [0.29, 0.717) is 0 Å². The Kier molecular flexibility index (Phi) is 9.20. The van der Waals surface area contributed by atoms with Crippen molar-refractivity contribution in [2.45, 2.75) is 50.8 Å². The second-order valence-corrected chi connectivity index (χ2v) is 7.56. The first-order chi connectivity index (χ1) is 16.0. The topological polar surface area (TPSA) is 113 Å². The van der Waals surface area contributed by atoms with Crippen LogP contribution in [0.2, 0.25) is 0 Å². The van der Waals surface area contributed by atoms with E-state index >= 15 is 0 Å². The molecule has 178 valence electrons. The van der Waals surface area contributed by atoms with Crippen LogP contribution in [0.1, 0.15) is 18.1 Å². The molecule has 1 heterocycles. The number of nitrogens with one attached hydrogen (secondary N) is 1. The lowest BCUT2D eigenvalue weighted by molar-refractivity contribution is -0.272. The maximum atomic E-state index is 12.5. The van der Waals surface area contributed by atoms with Crippen LogP contribution in [0.4, 0.5) is 4.79 Å². The quantitative estimate of drug-likeness (QED) is 0.549. The van der Waals surface area contributed by atoms with Crippen LogP contribution in [0.15, 0.2) is 60.7 Å². The van der Waals surface area contributed by atoms with Gasteiger partial charge in [0.05, 0.1) is 6.61 Å². The molecule has 0 spiro atoms. The Balaban J connectivity index is 1.71. The number of carbonyl (C=O) groups is 2. The molecular formula is C24H29NO8. The van der Waals surface area contributed by atoms with Gasteiger partial charge >= 0.3 is 12.1 Å². The van der Waals surface area contributed by atoms with Gasteiger partial charge in [-0.2, -0.15) is 0 Å². The summed E-state index contributed by atoms with van der Waals surface area (Å²) in [5, 5.41) is 13.6. The number of aliphatic hydroxyl groups excluding tert-OH is 1. The highest BCUT2D eigenvalue weighted by atomic mass is 16.7. The molecule has 9 nitrogen and oxygen atoms in total. The van der Waals surface area contributed by atoms with Crippen LogP contribution >= 0.6 is 0 Å². The largest absolute Gasteiger partial charge is 0.463 e. The summed E-state index contributed by atoms with van der Waals surface area (Å²) in [4.78, 5) is 23.8. The number of amides is 1. The minimum absolute atomic E-state index is 0.0745. The molecule has 0 aliphatic carbocycles. The van der Waals surface area contributed by atoms with Gasteiger partial charge in [-0.3, -0.25) is 4.79 Å². The lowest BCUT2D eigenvalue weighted by atomic mass is 9.96. The molecule has 2 aromatic carbocycles. The number of hydrogen-bond donors (Lipinski definition) is 2. The molecule has 1 fully saturated rings. The molecule has 0 aromatic heterocycles. The number of hydrogen-bond acceptors (Lipinski definition) is 8. The van der Waals surface area contributed by atoms with Gasteiger partial charge in [-0.15, -0.1) is 0 Å². The predicted octanol–water partition coefficient (Wildman–Crippen LogP) is 2.16. The summed E-state index contributed by atoms with van der Waals surface area (Å²) in [6.45, 7) is 1.33. The number of carbonyl (C=O) groups excluding carboxylic acids is 2. The van der Waals surface area contributed by atoms with Gasteiger partial charge in [0.15, 0.2) is 6.29 Å². The van der Waals surface area contributed by atoms with E-state index in [0.717, 1.165) is 11.1 Å². The number of alkyl carbamates (subject to hydrolysis) is 1. The summed E-state index contributed by atoms with van der Waals surface area (Å²) in [5.41, 5.74) is 1.71. The van der Waals surface area contributed by atoms with Crippen LogP contribution in [0.25, 0.3) is 0 Å². The Hall–Kier alpha value is -2.98. The predicted molar refractivity (Wildman–Crippen MR) is 117 cm³/mol. The number of benzene rings is 2. The van der Waals surface area contributed by atoms with Crippen LogP contribution in [-0.4, -0.2) is 61.5 Å². The summed E-state index contributed by atoms with van der Waals surface area (Å²) < 4.78 is 27.5. The first kappa shape index (κ1) is 24.7. The van der Waals surface area contributed by atoms with E-state index in [-0.39, 0.29) is 19.8 Å². The normalized spacial score (nSPS) is 24.6. The van der Waals surface area contributed by atoms with Crippen LogP contribution in [0.5, 0.6) is 0 Å². The van der Waals surface area contributed by atoms with E-state index in [1.165, 1.54) is 14.0 Å². The monoisotopic (exact) mass is 459 g/mol. The Morgan fingerprint density at radius 3 is 2.15 bits per heavy atom. The van der Waals surface area contributed by atoms with Gasteiger partial charge in [-0.25, -0.2) is 4.79 Å². The zero-order valence-electron chi connectivity index (χ0n) is 18.6. The molecule has 1 amide bonds. The number of methoxy groups -OCH3 is 1. The van der Waals surface area contributed by atoms with Crippen LogP contribution in [-0.2, 0) is 41.7 Å². The Morgan fingerprint density at radius 1 is 0.970 bits per heavy atom. The molecule has 3 rings (SSSR count). The van der Waals surface area contributed by atoms with E-state index in [1.54, 1.807) is 0 Å². The third kappa shape index (κ3) is 7.26. The lowest BCUT2D eigenvalue weighted by Gasteiger charge is -2.43. The van der Waals surface area contributed by atoms with Crippen molar-refractivity contribution < 1.29 is 38.4 Å². The number of ether oxygens (including phenoxy) is 5. The first-order valence-corrected chi connectivity index (χ1v) is 10.6. The molecule has 1 aliphatic rings. The summed E-state index contributed by atoms with van der Waals surface area (Å²) in [5.74, 6) is -0.508. The molecule has 0 saturated carbocycles. The molecule has 33 heavy (non-hydrogen) atoms. The number of rotatable bonds is 9. The van der Waals surface area contributed by atoms with Crippen molar-refractivity contribution in [3.8, 4) is 0 Å². The van der Waals surface area contributed by atoms with E-state index in [9.17, 15) is 14.7 Å². The van der Waals surface area contributed by atoms with Crippen molar-refractivity contribution in [3.05, 3.63) is 71.8 Å². The summed E-state index contributed by atoms with van der Waals surface area (Å²) in [7, 11) is 1.41. The maximum absolute atomic E-state index is 12.5. The van der Waals surface area contributed by atoms with Crippen molar-refractivity contribution in [3.63, 3.8) is 0 Å². The van der Waals surface area contributed by atoms with Crippen LogP contribution < -0.4 is 5.32 Å². The number of aliphatic hydroxyl groups is 1. The highest BCUT2D eigenvalue weighted by Crippen LogP contribution is 2.26. The van der Waals surface area contributed by atoms with Gasteiger partial charge in [0.2, 0.25) is 0 Å². The Morgan fingerprint density at radius 2 is 1.58 bits per heavy atom. The first-order valence-electron chi connectivity index (χ1n) is 10.6. The fraction of sp³-hybridized carbons (Fsp3) is 0.417. The zero-order chi connectivity index (χ0) is 23.6. The van der Waals surface area contributed by atoms with Gasteiger partial charge in [-0.1, -0.05) is 60.7 Å². The molecule has 5 atom stereocenters. The molecule has 0 bridgehead atoms. The fourth-order valence-electron chi connectivity index (χ4n) is 3.48. The van der Waals surface area contributed by atoms with E-state index in [2.05, 4.69) is 5.32 Å². The highest BCUT2D eigenvalue weighted by Gasteiger charge is 2.47. The second-order valence-electron chi connectivity index (χ2n) is 7.56. The molecule has 0 radical (unpaired) electrons. The van der Waals surface area contributed by atoms with E-state index < -0.39 is 42.7 Å². The van der Waals surface area contributed by atoms with E-state index in [4.69, 9.17) is 23.7 Å². The molecule has 2 N–H and O–H groups in total. The molecule has 9 heteroatoms. The summed E-state index contributed by atoms with van der Waals surface area (Å²) in [6.07, 6.45) is -4.72. The van der Waals surface area contributed by atoms with Gasteiger partial charge in [0, 0.05) is 14.0 Å². The third-order valence-electron chi connectivity index (χ3n) is 5.14. The molecule has 2 aromatic rings. The van der Waals surface area contributed by atoms with Gasteiger partial charge in [0.25, 0.3) is 0 Å². The van der Waals surface area contributed by atoms with Crippen molar-refractivity contribution in [1.29, 1.82) is 0 Å². The van der Waals surface area contributed by atoms with Crippen molar-refractivity contribution in [2.75, 3.05) is 13.7 Å². The third-order valence-corrected chi connectivity index (χ3v) is 5.14. The van der Waals surface area contributed by atoms with Crippen molar-refractivity contribution >= 4 is 12.1 Å². The average Bonchev–Trinajstić information content (AvgIpc) is 2.83.